The Kier molecular flexibility index (Phi) is 3.22. The Hall–Kier alpha value is -1.72. The summed E-state index contributed by atoms with van der Waals surface area (Å²) in [7, 11) is 0. The minimum atomic E-state index is -0.992. The van der Waals surface area contributed by atoms with Gasteiger partial charge in [0.2, 0.25) is 0 Å². The van der Waals surface area contributed by atoms with E-state index >= 15 is 0 Å². The second-order valence-corrected chi connectivity index (χ2v) is 8.30. The van der Waals surface area contributed by atoms with Crippen molar-refractivity contribution in [3.63, 3.8) is 0 Å². The highest BCUT2D eigenvalue weighted by Crippen LogP contribution is 2.69. The first-order chi connectivity index (χ1) is 11.4. The molecule has 0 saturated heterocycles. The summed E-state index contributed by atoms with van der Waals surface area (Å²) in [5.41, 5.74) is 1.40. The molecule has 2 nitrogen and oxygen atoms in total. The molecule has 3 aliphatic carbocycles. The number of allylic oxidation sites excluding steroid dienone is 1. The van der Waals surface area contributed by atoms with Crippen LogP contribution in [0, 0.1) is 29.1 Å². The molecule has 0 aromatic heterocycles. The minimum Gasteiger partial charge on any atom is -0.508 e. The van der Waals surface area contributed by atoms with E-state index in [-0.39, 0.29) is 10.8 Å². The number of aryl methyl sites for hydroxylation is 1. The third-order valence-corrected chi connectivity index (χ3v) is 7.71. The molecule has 0 bridgehead atoms. The van der Waals surface area contributed by atoms with Gasteiger partial charge in [-0.3, -0.25) is 0 Å². The van der Waals surface area contributed by atoms with Crippen molar-refractivity contribution in [3.05, 3.63) is 42.0 Å². The van der Waals surface area contributed by atoms with Crippen molar-refractivity contribution in [1.29, 1.82) is 0 Å². The average molecular weight is 322 g/mol. The van der Waals surface area contributed by atoms with E-state index in [9.17, 15) is 10.2 Å². The number of terminal acetylenes is 1. The summed E-state index contributed by atoms with van der Waals surface area (Å²) in [6.45, 7) is 6.43. The molecule has 1 aromatic carbocycles. The molecule has 2 saturated carbocycles. The van der Waals surface area contributed by atoms with E-state index in [2.05, 4.69) is 31.6 Å². The van der Waals surface area contributed by atoms with E-state index in [1.54, 1.807) is 6.07 Å². The van der Waals surface area contributed by atoms with Crippen molar-refractivity contribution < 1.29 is 10.2 Å². The van der Waals surface area contributed by atoms with E-state index < -0.39 is 5.60 Å². The van der Waals surface area contributed by atoms with Crippen LogP contribution in [0.2, 0.25) is 0 Å². The highest BCUT2D eigenvalue weighted by molar-refractivity contribution is 5.43. The maximum Gasteiger partial charge on any atom is 0.130 e. The molecule has 24 heavy (non-hydrogen) atoms. The Morgan fingerprint density at radius 2 is 2.08 bits per heavy atom. The van der Waals surface area contributed by atoms with Crippen LogP contribution in [0.25, 0.3) is 0 Å². The van der Waals surface area contributed by atoms with Crippen molar-refractivity contribution in [2.24, 2.45) is 16.7 Å². The maximum atomic E-state index is 11.1. The molecule has 0 spiro atoms. The fraction of sp³-hybridized carbons (Fsp3) is 0.545. The van der Waals surface area contributed by atoms with Crippen LogP contribution in [0.1, 0.15) is 56.1 Å². The summed E-state index contributed by atoms with van der Waals surface area (Å²) in [6.07, 6.45) is 13.5. The van der Waals surface area contributed by atoms with E-state index in [0.29, 0.717) is 24.0 Å². The van der Waals surface area contributed by atoms with Gasteiger partial charge in [-0.2, -0.15) is 0 Å². The smallest absolute Gasteiger partial charge is 0.130 e. The van der Waals surface area contributed by atoms with Crippen LogP contribution in [-0.2, 0) is 6.42 Å². The van der Waals surface area contributed by atoms with Crippen molar-refractivity contribution in [3.8, 4) is 18.1 Å². The number of phenols is 1. The number of aliphatic hydroxyl groups is 1. The van der Waals surface area contributed by atoms with Gasteiger partial charge < -0.3 is 10.2 Å². The predicted octanol–water partition coefficient (Wildman–Crippen LogP) is 4.17. The predicted molar refractivity (Wildman–Crippen MR) is 95.6 cm³/mol. The van der Waals surface area contributed by atoms with Crippen molar-refractivity contribution >= 4 is 0 Å². The van der Waals surface area contributed by atoms with Crippen LogP contribution in [0.3, 0.4) is 0 Å². The van der Waals surface area contributed by atoms with Crippen LogP contribution in [0.15, 0.2) is 30.9 Å². The second kappa shape index (κ2) is 4.90. The third-order valence-electron chi connectivity index (χ3n) is 7.71. The Labute approximate surface area is 144 Å². The average Bonchev–Trinajstić information content (AvgIpc) is 2.87. The topological polar surface area (TPSA) is 40.5 Å². The van der Waals surface area contributed by atoms with Crippen LogP contribution in [0.4, 0.5) is 0 Å². The zero-order chi connectivity index (χ0) is 17.2. The van der Waals surface area contributed by atoms with E-state index in [1.165, 1.54) is 11.1 Å². The third kappa shape index (κ3) is 1.72. The van der Waals surface area contributed by atoms with Crippen molar-refractivity contribution in [2.75, 3.05) is 0 Å². The lowest BCUT2D eigenvalue weighted by Gasteiger charge is -2.58. The lowest BCUT2D eigenvalue weighted by Crippen LogP contribution is -2.54. The molecular formula is C22H26O2. The van der Waals surface area contributed by atoms with Gasteiger partial charge in [-0.15, -0.1) is 13.0 Å². The molecule has 0 unspecified atom stereocenters. The summed E-state index contributed by atoms with van der Waals surface area (Å²) in [6, 6.07) is 5.82. The van der Waals surface area contributed by atoms with Gasteiger partial charge in [0.05, 0.1) is 0 Å². The molecule has 4 rings (SSSR count). The van der Waals surface area contributed by atoms with E-state index in [1.807, 2.05) is 6.07 Å². The quantitative estimate of drug-likeness (QED) is 0.602. The molecule has 0 heterocycles. The summed E-state index contributed by atoms with van der Waals surface area (Å²) in [4.78, 5) is 0. The van der Waals surface area contributed by atoms with Crippen LogP contribution < -0.4 is 0 Å². The van der Waals surface area contributed by atoms with Gasteiger partial charge in [-0.05, 0) is 79.0 Å². The first-order valence-corrected chi connectivity index (χ1v) is 9.06. The number of hydrogen-bond donors (Lipinski definition) is 2. The summed E-state index contributed by atoms with van der Waals surface area (Å²) >= 11 is 0. The normalized spacial score (nSPS) is 43.2. The molecule has 1 aromatic rings. The van der Waals surface area contributed by atoms with Gasteiger partial charge in [-0.25, -0.2) is 0 Å². The molecule has 0 amide bonds. The van der Waals surface area contributed by atoms with Crippen LogP contribution in [-0.4, -0.2) is 15.8 Å². The zero-order valence-corrected chi connectivity index (χ0v) is 14.4. The Morgan fingerprint density at radius 3 is 2.79 bits per heavy atom. The van der Waals surface area contributed by atoms with Crippen molar-refractivity contribution in [2.45, 2.75) is 57.0 Å². The SMILES string of the molecule is C#C[C@]1(O)CC[C@H]2[C@]3(C=C)CCc4cc(O)ccc4[C@H]3CC[C@@]21C. The molecule has 2 fully saturated rings. The molecule has 0 aliphatic heterocycles. The monoisotopic (exact) mass is 322 g/mol. The number of rotatable bonds is 1. The number of benzene rings is 1. The van der Waals surface area contributed by atoms with Gasteiger partial charge in [-0.1, -0.05) is 25.0 Å². The number of phenolic OH excluding ortho intramolecular Hbond substituents is 1. The van der Waals surface area contributed by atoms with E-state index in [0.717, 1.165) is 32.1 Å². The standard InChI is InChI=1S/C22H26O2/c1-4-21-12-8-15-14-16(23)6-7-17(15)18(21)9-11-20(3)19(21)10-13-22(20,24)5-2/h2,4,6-7,14,18-19,23-24H,1,8-13H2,3H3/t18-,19-,20+,21-,22+/m1/s1. The lowest BCUT2D eigenvalue weighted by molar-refractivity contribution is -0.0864. The van der Waals surface area contributed by atoms with Gasteiger partial charge in [0.15, 0.2) is 0 Å². The summed E-state index contributed by atoms with van der Waals surface area (Å²) < 4.78 is 0. The maximum absolute atomic E-state index is 11.1. The molecule has 0 radical (unpaired) electrons. The lowest BCUT2D eigenvalue weighted by atomic mass is 9.46. The Balaban J connectivity index is 1.84. The number of aromatic hydroxyl groups is 1. The highest BCUT2D eigenvalue weighted by atomic mass is 16.3. The largest absolute Gasteiger partial charge is 0.508 e. The second-order valence-electron chi connectivity index (χ2n) is 8.30. The van der Waals surface area contributed by atoms with Gasteiger partial charge in [0.25, 0.3) is 0 Å². The molecule has 2 heteroatoms. The Morgan fingerprint density at radius 1 is 1.29 bits per heavy atom. The molecule has 3 aliphatic rings. The first kappa shape index (κ1) is 15.8. The summed E-state index contributed by atoms with van der Waals surface area (Å²) in [5, 5.41) is 20.9. The van der Waals surface area contributed by atoms with Gasteiger partial charge in [0, 0.05) is 5.41 Å². The molecule has 5 atom stereocenters. The van der Waals surface area contributed by atoms with Crippen LogP contribution in [0.5, 0.6) is 5.75 Å². The molecule has 2 N–H and O–H groups in total. The van der Waals surface area contributed by atoms with Crippen molar-refractivity contribution in [1.82, 2.24) is 0 Å². The number of hydrogen-bond acceptors (Lipinski definition) is 2. The van der Waals surface area contributed by atoms with Crippen LogP contribution >= 0.6 is 0 Å². The minimum absolute atomic E-state index is 0.00168. The summed E-state index contributed by atoms with van der Waals surface area (Å²) in [5.74, 6) is 3.86. The highest BCUT2D eigenvalue weighted by Gasteiger charge is 2.65. The first-order valence-electron chi connectivity index (χ1n) is 9.06. The Bertz CT molecular complexity index is 745. The zero-order valence-electron chi connectivity index (χ0n) is 14.4. The molecular weight excluding hydrogens is 296 g/mol. The fourth-order valence-corrected chi connectivity index (χ4v) is 6.36. The molecule has 126 valence electrons. The van der Waals surface area contributed by atoms with Gasteiger partial charge >= 0.3 is 0 Å². The fourth-order valence-electron chi connectivity index (χ4n) is 6.36. The number of fused-ring (bicyclic) bond motifs is 5. The van der Waals surface area contributed by atoms with E-state index in [4.69, 9.17) is 6.42 Å². The van der Waals surface area contributed by atoms with Gasteiger partial charge in [0.1, 0.15) is 11.4 Å².